The highest BCUT2D eigenvalue weighted by Crippen LogP contribution is 2.05. The number of carbonyl (C=O) groups is 2. The summed E-state index contributed by atoms with van der Waals surface area (Å²) in [5.41, 5.74) is 1.67. The molecule has 6 nitrogen and oxygen atoms in total. The highest BCUT2D eigenvalue weighted by atomic mass is 16.2. The van der Waals surface area contributed by atoms with E-state index in [0.717, 1.165) is 11.1 Å². The number of rotatable bonds is 6. The van der Waals surface area contributed by atoms with Gasteiger partial charge in [-0.15, -0.1) is 0 Å². The second-order valence-corrected chi connectivity index (χ2v) is 6.81. The Bertz CT molecular complexity index is 742. The first-order valence-corrected chi connectivity index (χ1v) is 8.15. The first-order valence-electron chi connectivity index (χ1n) is 8.15. The van der Waals surface area contributed by atoms with Gasteiger partial charge in [-0.2, -0.15) is 5.10 Å². The summed E-state index contributed by atoms with van der Waals surface area (Å²) in [6.07, 6.45) is 6.63. The van der Waals surface area contributed by atoms with Gasteiger partial charge < -0.3 is 10.6 Å². The second-order valence-electron chi connectivity index (χ2n) is 6.81. The van der Waals surface area contributed by atoms with E-state index in [1.807, 2.05) is 62.0 Å². The first-order chi connectivity index (χ1) is 11.8. The summed E-state index contributed by atoms with van der Waals surface area (Å²) in [5.74, 6) is -0.537. The Labute approximate surface area is 147 Å². The molecule has 2 aromatic rings. The zero-order chi connectivity index (χ0) is 18.3. The van der Waals surface area contributed by atoms with Gasteiger partial charge in [-0.1, -0.05) is 30.3 Å². The van der Waals surface area contributed by atoms with Crippen molar-refractivity contribution in [1.82, 2.24) is 20.4 Å². The molecule has 0 saturated heterocycles. The van der Waals surface area contributed by atoms with Gasteiger partial charge >= 0.3 is 0 Å². The standard InChI is InChI=1S/C19H24N4O2/c1-19(2,3)22-18(25)12-20-17(24)10-9-16-11-21-23(14-16)13-15-7-5-4-6-8-15/h4-11,14H,12-13H2,1-3H3,(H,20,24)(H,22,25)/b10-9+. The number of amides is 2. The van der Waals surface area contributed by atoms with E-state index in [1.54, 1.807) is 12.3 Å². The Morgan fingerprint density at radius 1 is 1.20 bits per heavy atom. The zero-order valence-electron chi connectivity index (χ0n) is 14.8. The molecule has 132 valence electrons. The van der Waals surface area contributed by atoms with E-state index in [4.69, 9.17) is 0 Å². The number of nitrogens with zero attached hydrogens (tertiary/aromatic N) is 2. The van der Waals surface area contributed by atoms with Crippen molar-refractivity contribution < 1.29 is 9.59 Å². The molecule has 1 heterocycles. The van der Waals surface area contributed by atoms with Crippen molar-refractivity contribution in [2.45, 2.75) is 32.9 Å². The van der Waals surface area contributed by atoms with Crippen molar-refractivity contribution in [3.05, 3.63) is 59.9 Å². The lowest BCUT2D eigenvalue weighted by Crippen LogP contribution is -2.45. The van der Waals surface area contributed by atoms with E-state index >= 15 is 0 Å². The quantitative estimate of drug-likeness (QED) is 0.790. The number of nitrogens with one attached hydrogen (secondary N) is 2. The molecule has 0 unspecified atom stereocenters. The highest BCUT2D eigenvalue weighted by Gasteiger charge is 2.13. The van der Waals surface area contributed by atoms with Crippen LogP contribution in [-0.2, 0) is 16.1 Å². The third kappa shape index (κ3) is 7.03. The average molecular weight is 340 g/mol. The molecule has 0 radical (unpaired) electrons. The van der Waals surface area contributed by atoms with E-state index in [0.29, 0.717) is 6.54 Å². The maximum Gasteiger partial charge on any atom is 0.244 e. The number of hydrogen-bond donors (Lipinski definition) is 2. The third-order valence-corrected chi connectivity index (χ3v) is 3.21. The van der Waals surface area contributed by atoms with Crippen LogP contribution >= 0.6 is 0 Å². The molecule has 2 rings (SSSR count). The van der Waals surface area contributed by atoms with Crippen LogP contribution in [-0.4, -0.2) is 33.7 Å². The van der Waals surface area contributed by atoms with Gasteiger partial charge in [-0.3, -0.25) is 14.3 Å². The van der Waals surface area contributed by atoms with Gasteiger partial charge in [-0.25, -0.2) is 0 Å². The largest absolute Gasteiger partial charge is 0.350 e. The minimum atomic E-state index is -0.320. The monoisotopic (exact) mass is 340 g/mol. The van der Waals surface area contributed by atoms with Gasteiger partial charge in [-0.05, 0) is 32.4 Å². The van der Waals surface area contributed by atoms with Crippen LogP contribution in [0.1, 0.15) is 31.9 Å². The van der Waals surface area contributed by atoms with Crippen molar-refractivity contribution in [3.8, 4) is 0 Å². The SMILES string of the molecule is CC(C)(C)NC(=O)CNC(=O)/C=C/c1cnn(Cc2ccccc2)c1. The molecular weight excluding hydrogens is 316 g/mol. The molecule has 0 spiro atoms. The zero-order valence-corrected chi connectivity index (χ0v) is 14.8. The van der Waals surface area contributed by atoms with Crippen LogP contribution in [0.2, 0.25) is 0 Å². The molecule has 0 saturated carbocycles. The van der Waals surface area contributed by atoms with Gasteiger partial charge in [0.15, 0.2) is 0 Å². The summed E-state index contributed by atoms with van der Waals surface area (Å²) < 4.78 is 1.81. The number of benzene rings is 1. The summed E-state index contributed by atoms with van der Waals surface area (Å²) in [6.45, 7) is 6.29. The summed E-state index contributed by atoms with van der Waals surface area (Å²) >= 11 is 0. The predicted octanol–water partition coefficient (Wildman–Crippen LogP) is 1.98. The molecule has 0 atom stereocenters. The van der Waals surface area contributed by atoms with Crippen LogP contribution in [0, 0.1) is 0 Å². The Morgan fingerprint density at radius 3 is 2.60 bits per heavy atom. The Balaban J connectivity index is 1.81. The highest BCUT2D eigenvalue weighted by molar-refractivity contribution is 5.94. The molecule has 2 N–H and O–H groups in total. The van der Waals surface area contributed by atoms with E-state index in [1.165, 1.54) is 6.08 Å². The Kier molecular flexibility index (Phi) is 6.11. The molecule has 0 aliphatic carbocycles. The summed E-state index contributed by atoms with van der Waals surface area (Å²) in [4.78, 5) is 23.4. The van der Waals surface area contributed by atoms with Crippen LogP contribution in [0.15, 0.2) is 48.8 Å². The fourth-order valence-corrected chi connectivity index (χ4v) is 2.18. The normalized spacial score (nSPS) is 11.5. The summed E-state index contributed by atoms with van der Waals surface area (Å²) in [6, 6.07) is 10.0. The van der Waals surface area contributed by atoms with Crippen LogP contribution in [0.3, 0.4) is 0 Å². The molecule has 1 aromatic carbocycles. The van der Waals surface area contributed by atoms with Crippen LogP contribution in [0.25, 0.3) is 6.08 Å². The fourth-order valence-electron chi connectivity index (χ4n) is 2.18. The summed E-state index contributed by atoms with van der Waals surface area (Å²) in [7, 11) is 0. The smallest absolute Gasteiger partial charge is 0.244 e. The van der Waals surface area contributed by atoms with Crippen molar-refractivity contribution in [2.24, 2.45) is 0 Å². The van der Waals surface area contributed by atoms with Gasteiger partial charge in [0, 0.05) is 23.4 Å². The van der Waals surface area contributed by atoms with Crippen LogP contribution in [0.4, 0.5) is 0 Å². The van der Waals surface area contributed by atoms with Crippen molar-refractivity contribution >= 4 is 17.9 Å². The number of carbonyl (C=O) groups excluding carboxylic acids is 2. The van der Waals surface area contributed by atoms with Gasteiger partial charge in [0.1, 0.15) is 0 Å². The second kappa shape index (κ2) is 8.28. The fraction of sp³-hybridized carbons (Fsp3) is 0.316. The lowest BCUT2D eigenvalue weighted by Gasteiger charge is -2.20. The predicted molar refractivity (Wildman–Crippen MR) is 97.7 cm³/mol. The van der Waals surface area contributed by atoms with E-state index in [-0.39, 0.29) is 23.9 Å². The van der Waals surface area contributed by atoms with E-state index in [9.17, 15) is 9.59 Å². The lowest BCUT2D eigenvalue weighted by atomic mass is 10.1. The molecule has 2 amide bonds. The molecule has 0 bridgehead atoms. The first kappa shape index (κ1) is 18.4. The molecule has 0 aliphatic rings. The maximum absolute atomic E-state index is 11.8. The van der Waals surface area contributed by atoms with Gasteiger partial charge in [0.25, 0.3) is 0 Å². The van der Waals surface area contributed by atoms with E-state index in [2.05, 4.69) is 15.7 Å². The average Bonchev–Trinajstić information content (AvgIpc) is 2.98. The minimum absolute atomic E-state index is 0.0479. The lowest BCUT2D eigenvalue weighted by molar-refractivity contribution is -0.124. The number of aromatic nitrogens is 2. The molecule has 0 fully saturated rings. The topological polar surface area (TPSA) is 76.0 Å². The van der Waals surface area contributed by atoms with Gasteiger partial charge in [0.05, 0.1) is 19.3 Å². The van der Waals surface area contributed by atoms with Crippen molar-refractivity contribution in [3.63, 3.8) is 0 Å². The molecular formula is C19H24N4O2. The molecule has 1 aromatic heterocycles. The summed E-state index contributed by atoms with van der Waals surface area (Å²) in [5, 5.41) is 9.61. The van der Waals surface area contributed by atoms with Crippen LogP contribution < -0.4 is 10.6 Å². The van der Waals surface area contributed by atoms with Gasteiger partial charge in [0.2, 0.25) is 11.8 Å². The minimum Gasteiger partial charge on any atom is -0.350 e. The Hall–Kier alpha value is -2.89. The van der Waals surface area contributed by atoms with Crippen molar-refractivity contribution in [2.75, 3.05) is 6.54 Å². The molecule has 25 heavy (non-hydrogen) atoms. The third-order valence-electron chi connectivity index (χ3n) is 3.21. The maximum atomic E-state index is 11.8. The van der Waals surface area contributed by atoms with E-state index < -0.39 is 0 Å². The molecule has 6 heteroatoms. The molecule has 0 aliphatic heterocycles. The van der Waals surface area contributed by atoms with Crippen molar-refractivity contribution in [1.29, 1.82) is 0 Å². The van der Waals surface area contributed by atoms with Crippen LogP contribution in [0.5, 0.6) is 0 Å². The number of hydrogen-bond acceptors (Lipinski definition) is 3. The Morgan fingerprint density at radius 2 is 1.92 bits per heavy atom.